The summed E-state index contributed by atoms with van der Waals surface area (Å²) in [7, 11) is 0. The summed E-state index contributed by atoms with van der Waals surface area (Å²) in [5.74, 6) is -1.28. The number of aliphatic imine (C=N–C) groups is 1. The van der Waals surface area contributed by atoms with Crippen LogP contribution < -0.4 is 10.2 Å². The van der Waals surface area contributed by atoms with Crippen molar-refractivity contribution < 1.29 is 24.0 Å². The number of benzene rings is 3. The number of amides is 2. The monoisotopic (exact) mass is 608 g/mol. The van der Waals surface area contributed by atoms with E-state index in [1.807, 2.05) is 29.2 Å². The average Bonchev–Trinajstić information content (AvgIpc) is 3.44. The molecular formula is C29H22Cl2N4O5S. The third kappa shape index (κ3) is 4.97. The Morgan fingerprint density at radius 3 is 2.37 bits per heavy atom. The van der Waals surface area contributed by atoms with E-state index in [1.165, 1.54) is 11.8 Å². The number of nitrogens with one attached hydrogen (secondary N) is 1. The molecule has 1 unspecified atom stereocenters. The Labute approximate surface area is 249 Å². The van der Waals surface area contributed by atoms with Crippen LogP contribution >= 0.6 is 35.0 Å². The lowest BCUT2D eigenvalue weighted by atomic mass is 9.95. The van der Waals surface area contributed by atoms with Crippen molar-refractivity contribution in [2.75, 3.05) is 24.7 Å². The molecule has 0 saturated heterocycles. The van der Waals surface area contributed by atoms with Gasteiger partial charge in [0.2, 0.25) is 0 Å². The first kappa shape index (κ1) is 27.3. The number of halogens is 2. The molecule has 12 heteroatoms. The van der Waals surface area contributed by atoms with Crippen molar-refractivity contribution in [2.45, 2.75) is 17.9 Å². The summed E-state index contributed by atoms with van der Waals surface area (Å²) >= 11 is 13.9. The fraction of sp³-hybridized carbons (Fsp3) is 0.172. The predicted octanol–water partition coefficient (Wildman–Crippen LogP) is 5.61. The van der Waals surface area contributed by atoms with Crippen LogP contribution in [0.2, 0.25) is 10.0 Å². The zero-order valence-electron chi connectivity index (χ0n) is 21.6. The normalized spacial score (nSPS) is 17.3. The molecule has 3 heterocycles. The quantitative estimate of drug-likeness (QED) is 0.200. The molecule has 208 valence electrons. The average molecular weight is 609 g/mol. The second-order valence-electron chi connectivity index (χ2n) is 9.13. The molecule has 3 aromatic carbocycles. The van der Waals surface area contributed by atoms with Gasteiger partial charge < -0.3 is 15.0 Å². The van der Waals surface area contributed by atoms with Gasteiger partial charge in [0.15, 0.2) is 5.17 Å². The minimum absolute atomic E-state index is 0.0474. The lowest BCUT2D eigenvalue weighted by Crippen LogP contribution is -2.40. The highest BCUT2D eigenvalue weighted by atomic mass is 35.5. The molecule has 0 fully saturated rings. The summed E-state index contributed by atoms with van der Waals surface area (Å²) < 4.78 is 5.48. The molecule has 0 saturated carbocycles. The Morgan fingerprint density at radius 1 is 1.00 bits per heavy atom. The molecule has 0 spiro atoms. The molecule has 3 aliphatic heterocycles. The summed E-state index contributed by atoms with van der Waals surface area (Å²) in [5, 5.41) is 5.71. The van der Waals surface area contributed by atoms with Crippen molar-refractivity contribution in [1.29, 1.82) is 0 Å². The van der Waals surface area contributed by atoms with Crippen LogP contribution in [0, 0.1) is 0 Å². The maximum absolute atomic E-state index is 13.5. The zero-order valence-corrected chi connectivity index (χ0v) is 23.9. The Hall–Kier alpha value is -3.83. The Balaban J connectivity index is 1.31. The second kappa shape index (κ2) is 11.2. The van der Waals surface area contributed by atoms with Gasteiger partial charge in [0.05, 0.1) is 36.1 Å². The molecule has 0 radical (unpaired) electrons. The number of carbonyl (C=O) groups excluding carboxylic acids is 3. The first-order valence-electron chi connectivity index (χ1n) is 12.7. The molecule has 1 N–H and O–H groups in total. The second-order valence-corrected chi connectivity index (χ2v) is 11.0. The number of fused-ring (bicyclic) bond motifs is 4. The van der Waals surface area contributed by atoms with Gasteiger partial charge in [0, 0.05) is 21.5 Å². The molecular weight excluding hydrogens is 587 g/mol. The van der Waals surface area contributed by atoms with E-state index in [0.717, 1.165) is 21.2 Å². The van der Waals surface area contributed by atoms with Gasteiger partial charge in [0.25, 0.3) is 11.8 Å². The molecule has 0 aromatic heterocycles. The number of thioether (sulfide) groups is 1. The number of nitrogens with zero attached hydrogens (tertiary/aromatic N) is 3. The third-order valence-corrected chi connectivity index (χ3v) is 8.14. The molecule has 6 rings (SSSR count). The van der Waals surface area contributed by atoms with E-state index in [2.05, 4.69) is 5.32 Å². The number of imide groups is 1. The number of hydroxylamine groups is 2. The van der Waals surface area contributed by atoms with Crippen LogP contribution in [0.15, 0.2) is 88.0 Å². The van der Waals surface area contributed by atoms with Gasteiger partial charge in [-0.05, 0) is 66.7 Å². The first-order valence-corrected chi connectivity index (χ1v) is 14.3. The number of hydrogen-bond acceptors (Lipinski definition) is 9. The Kier molecular flexibility index (Phi) is 7.48. The molecule has 41 heavy (non-hydrogen) atoms. The smallest absolute Gasteiger partial charge is 0.340 e. The number of hydrogen-bond donors (Lipinski definition) is 1. The molecule has 0 bridgehead atoms. The molecule has 3 aromatic rings. The minimum Gasteiger partial charge on any atom is -0.462 e. The number of anilines is 1. The van der Waals surface area contributed by atoms with Crippen LogP contribution in [0.25, 0.3) is 0 Å². The first-order chi connectivity index (χ1) is 19.9. The van der Waals surface area contributed by atoms with Gasteiger partial charge in [-0.3, -0.25) is 14.4 Å². The van der Waals surface area contributed by atoms with Crippen LogP contribution in [-0.2, 0) is 14.4 Å². The van der Waals surface area contributed by atoms with Gasteiger partial charge in [0.1, 0.15) is 11.4 Å². The largest absolute Gasteiger partial charge is 0.462 e. The summed E-state index contributed by atoms with van der Waals surface area (Å²) in [6.45, 7) is 2.00. The minimum atomic E-state index is -0.589. The van der Waals surface area contributed by atoms with Gasteiger partial charge in [-0.1, -0.05) is 47.5 Å². The Morgan fingerprint density at radius 2 is 1.68 bits per heavy atom. The lowest BCUT2D eigenvalue weighted by Gasteiger charge is -2.35. The summed E-state index contributed by atoms with van der Waals surface area (Å²) in [6, 6.07) is 18.7. The van der Waals surface area contributed by atoms with E-state index in [9.17, 15) is 14.4 Å². The van der Waals surface area contributed by atoms with E-state index >= 15 is 0 Å². The molecule has 2 amide bonds. The van der Waals surface area contributed by atoms with Crippen LogP contribution in [0.1, 0.15) is 39.2 Å². The highest BCUT2D eigenvalue weighted by Gasteiger charge is 2.43. The number of esters is 1. The number of ether oxygens (including phenoxy) is 1. The Bertz CT molecular complexity index is 1610. The van der Waals surface area contributed by atoms with Crippen molar-refractivity contribution >= 4 is 63.6 Å². The van der Waals surface area contributed by atoms with E-state index in [1.54, 1.807) is 49.4 Å². The maximum atomic E-state index is 13.5. The third-order valence-electron chi connectivity index (χ3n) is 6.64. The summed E-state index contributed by atoms with van der Waals surface area (Å²) in [6.07, 6.45) is 0. The fourth-order valence-corrected chi connectivity index (χ4v) is 6.32. The summed E-state index contributed by atoms with van der Waals surface area (Å²) in [5.41, 5.74) is 2.53. The summed E-state index contributed by atoms with van der Waals surface area (Å²) in [4.78, 5) is 52.0. The van der Waals surface area contributed by atoms with Crippen molar-refractivity contribution in [1.82, 2.24) is 10.4 Å². The SMILES string of the molecule is CCOC(=O)C1=C(NCCON2C(=O)c3ccccc3C2=O)N=C2Sc3cc(Cl)ccc3N2C1c1ccc(Cl)cc1. The van der Waals surface area contributed by atoms with Crippen molar-refractivity contribution in [3.63, 3.8) is 0 Å². The van der Waals surface area contributed by atoms with Gasteiger partial charge in [-0.2, -0.15) is 0 Å². The van der Waals surface area contributed by atoms with Crippen molar-refractivity contribution in [3.8, 4) is 0 Å². The van der Waals surface area contributed by atoms with E-state index in [-0.39, 0.29) is 19.8 Å². The topological polar surface area (TPSA) is 101 Å². The highest BCUT2D eigenvalue weighted by Crippen LogP contribution is 2.50. The van der Waals surface area contributed by atoms with Gasteiger partial charge in [-0.15, -0.1) is 5.06 Å². The van der Waals surface area contributed by atoms with Crippen molar-refractivity contribution in [2.24, 2.45) is 4.99 Å². The van der Waals surface area contributed by atoms with E-state index < -0.39 is 23.8 Å². The van der Waals surface area contributed by atoms with E-state index in [0.29, 0.717) is 37.7 Å². The van der Waals surface area contributed by atoms with Gasteiger partial charge >= 0.3 is 5.97 Å². The van der Waals surface area contributed by atoms with Crippen LogP contribution in [0.3, 0.4) is 0 Å². The van der Waals surface area contributed by atoms with Gasteiger partial charge in [-0.25, -0.2) is 9.79 Å². The molecule has 9 nitrogen and oxygen atoms in total. The van der Waals surface area contributed by atoms with Crippen molar-refractivity contribution in [3.05, 3.63) is 105 Å². The van der Waals surface area contributed by atoms with E-state index in [4.69, 9.17) is 37.8 Å². The highest BCUT2D eigenvalue weighted by molar-refractivity contribution is 8.14. The van der Waals surface area contributed by atoms with Crippen LogP contribution in [0.5, 0.6) is 0 Å². The fourth-order valence-electron chi connectivity index (χ4n) is 4.86. The zero-order chi connectivity index (χ0) is 28.7. The molecule has 0 aliphatic carbocycles. The standard InChI is InChI=1S/C29H22Cl2N4O5S/c1-2-39-28(38)23-24(16-7-9-17(30)10-8-16)34-21-12-11-18(31)15-22(21)41-29(34)33-25(23)32-13-14-40-35-26(36)19-5-3-4-6-20(19)27(35)37/h3-12,15,24,32H,2,13-14H2,1H3. The number of carbonyl (C=O) groups is 3. The van der Waals surface area contributed by atoms with Crippen LogP contribution in [0.4, 0.5) is 5.69 Å². The van der Waals surface area contributed by atoms with Crippen LogP contribution in [-0.4, -0.2) is 47.8 Å². The molecule has 3 aliphatic rings. The molecule has 1 atom stereocenters. The number of amidine groups is 1. The lowest BCUT2D eigenvalue weighted by molar-refractivity contribution is -0.139. The number of rotatable bonds is 8. The predicted molar refractivity (Wildman–Crippen MR) is 156 cm³/mol. The maximum Gasteiger partial charge on any atom is 0.340 e.